The molecule has 0 heterocycles. The molecule has 0 amide bonds. The average Bonchev–Trinajstić information content (AvgIpc) is 2.35. The van der Waals surface area contributed by atoms with Gasteiger partial charge in [-0.05, 0) is 44.4 Å². The standard InChI is InChI=1S/C13H19NO5S/c1-9-5-6-11(8-12(9)13(16)17)20(18,19)14-10(2)4-3-7-15/h5-6,8,10,14-15H,3-4,7H2,1-2H3,(H,16,17). The van der Waals surface area contributed by atoms with Gasteiger partial charge in [-0.25, -0.2) is 17.9 Å². The van der Waals surface area contributed by atoms with Gasteiger partial charge in [-0.1, -0.05) is 6.07 Å². The lowest BCUT2D eigenvalue weighted by atomic mass is 10.1. The fraction of sp³-hybridized carbons (Fsp3) is 0.462. The van der Waals surface area contributed by atoms with E-state index in [1.54, 1.807) is 13.8 Å². The number of rotatable bonds is 7. The Morgan fingerprint density at radius 1 is 1.40 bits per heavy atom. The van der Waals surface area contributed by atoms with Gasteiger partial charge in [-0.3, -0.25) is 0 Å². The summed E-state index contributed by atoms with van der Waals surface area (Å²) in [4.78, 5) is 10.9. The van der Waals surface area contributed by atoms with E-state index in [4.69, 9.17) is 10.2 Å². The first kappa shape index (κ1) is 16.6. The monoisotopic (exact) mass is 301 g/mol. The van der Waals surface area contributed by atoms with Crippen LogP contribution in [0.15, 0.2) is 23.1 Å². The van der Waals surface area contributed by atoms with Gasteiger partial charge >= 0.3 is 5.97 Å². The number of aliphatic hydroxyl groups excluding tert-OH is 1. The minimum Gasteiger partial charge on any atom is -0.478 e. The first-order valence-electron chi connectivity index (χ1n) is 6.25. The maximum absolute atomic E-state index is 12.1. The molecule has 1 atom stereocenters. The zero-order valence-corrected chi connectivity index (χ0v) is 12.3. The summed E-state index contributed by atoms with van der Waals surface area (Å²) in [6.07, 6.45) is 1.01. The third-order valence-electron chi connectivity index (χ3n) is 2.90. The first-order chi connectivity index (χ1) is 9.27. The number of carboxylic acid groups (broad SMARTS) is 1. The van der Waals surface area contributed by atoms with Gasteiger partial charge < -0.3 is 10.2 Å². The highest BCUT2D eigenvalue weighted by atomic mass is 32.2. The van der Waals surface area contributed by atoms with Gasteiger partial charge in [-0.15, -0.1) is 0 Å². The lowest BCUT2D eigenvalue weighted by Gasteiger charge is -2.14. The molecular weight excluding hydrogens is 282 g/mol. The quantitative estimate of drug-likeness (QED) is 0.700. The summed E-state index contributed by atoms with van der Waals surface area (Å²) >= 11 is 0. The van der Waals surface area contributed by atoms with Crippen LogP contribution in [0.1, 0.15) is 35.7 Å². The van der Waals surface area contributed by atoms with E-state index in [2.05, 4.69) is 4.72 Å². The zero-order valence-electron chi connectivity index (χ0n) is 11.5. The molecule has 112 valence electrons. The Hall–Kier alpha value is -1.44. The minimum atomic E-state index is -3.76. The van der Waals surface area contributed by atoms with Crippen molar-refractivity contribution < 1.29 is 23.4 Å². The number of aryl methyl sites for hydroxylation is 1. The molecule has 0 saturated carbocycles. The molecule has 20 heavy (non-hydrogen) atoms. The summed E-state index contributed by atoms with van der Waals surface area (Å²) in [6, 6.07) is 3.67. The van der Waals surface area contributed by atoms with Crippen LogP contribution in [0.4, 0.5) is 0 Å². The molecule has 0 aliphatic carbocycles. The maximum Gasteiger partial charge on any atom is 0.335 e. The number of aromatic carboxylic acids is 1. The van der Waals surface area contributed by atoms with Crippen LogP contribution in [-0.2, 0) is 10.0 Å². The second-order valence-corrected chi connectivity index (χ2v) is 6.38. The summed E-state index contributed by atoms with van der Waals surface area (Å²) in [6.45, 7) is 3.30. The fourth-order valence-electron chi connectivity index (χ4n) is 1.79. The van der Waals surface area contributed by atoms with Gasteiger partial charge in [0.05, 0.1) is 10.5 Å². The summed E-state index contributed by atoms with van der Waals surface area (Å²) in [5.74, 6) is -1.16. The Morgan fingerprint density at radius 3 is 2.60 bits per heavy atom. The molecule has 1 rings (SSSR count). The highest BCUT2D eigenvalue weighted by Crippen LogP contribution is 2.16. The third kappa shape index (κ3) is 4.29. The van der Waals surface area contributed by atoms with E-state index in [9.17, 15) is 13.2 Å². The highest BCUT2D eigenvalue weighted by Gasteiger charge is 2.19. The van der Waals surface area contributed by atoms with E-state index < -0.39 is 16.0 Å². The predicted octanol–water partition coefficient (Wildman–Crippen LogP) is 1.13. The highest BCUT2D eigenvalue weighted by molar-refractivity contribution is 7.89. The normalized spacial score (nSPS) is 13.2. The molecule has 1 aromatic rings. The molecular formula is C13H19NO5S. The second kappa shape index (κ2) is 6.83. The third-order valence-corrected chi connectivity index (χ3v) is 4.49. The summed E-state index contributed by atoms with van der Waals surface area (Å²) in [7, 11) is -3.76. The van der Waals surface area contributed by atoms with Gasteiger partial charge in [0.2, 0.25) is 10.0 Å². The van der Waals surface area contributed by atoms with Crippen molar-refractivity contribution in [1.82, 2.24) is 4.72 Å². The van der Waals surface area contributed by atoms with Crippen molar-refractivity contribution in [3.8, 4) is 0 Å². The van der Waals surface area contributed by atoms with Crippen molar-refractivity contribution in [2.75, 3.05) is 6.61 Å². The average molecular weight is 301 g/mol. The fourth-order valence-corrected chi connectivity index (χ4v) is 3.09. The lowest BCUT2D eigenvalue weighted by molar-refractivity contribution is 0.0696. The van der Waals surface area contributed by atoms with E-state index in [0.29, 0.717) is 18.4 Å². The first-order valence-corrected chi connectivity index (χ1v) is 7.73. The van der Waals surface area contributed by atoms with Crippen LogP contribution in [-0.4, -0.2) is 37.2 Å². The van der Waals surface area contributed by atoms with Gasteiger partial charge in [0.1, 0.15) is 0 Å². The van der Waals surface area contributed by atoms with Crippen molar-refractivity contribution in [2.45, 2.75) is 37.6 Å². The Morgan fingerprint density at radius 2 is 2.05 bits per heavy atom. The van der Waals surface area contributed by atoms with Crippen molar-refractivity contribution in [3.05, 3.63) is 29.3 Å². The Kier molecular flexibility index (Phi) is 5.67. The molecule has 1 unspecified atom stereocenters. The number of aliphatic hydroxyl groups is 1. The summed E-state index contributed by atoms with van der Waals surface area (Å²) in [5, 5.41) is 17.7. The molecule has 3 N–H and O–H groups in total. The van der Waals surface area contributed by atoms with E-state index in [1.165, 1.54) is 12.1 Å². The second-order valence-electron chi connectivity index (χ2n) is 4.67. The topological polar surface area (TPSA) is 104 Å². The van der Waals surface area contributed by atoms with Gasteiger partial charge in [0.25, 0.3) is 0 Å². The summed E-state index contributed by atoms with van der Waals surface area (Å²) in [5.41, 5.74) is 0.473. The molecule has 0 aliphatic rings. The molecule has 1 aromatic carbocycles. The van der Waals surface area contributed by atoms with Gasteiger partial charge in [-0.2, -0.15) is 0 Å². The Bertz CT molecular complexity index is 582. The molecule has 0 bridgehead atoms. The maximum atomic E-state index is 12.1. The van der Waals surface area contributed by atoms with E-state index in [1.807, 2.05) is 0 Å². The molecule has 7 heteroatoms. The van der Waals surface area contributed by atoms with Crippen molar-refractivity contribution >= 4 is 16.0 Å². The van der Waals surface area contributed by atoms with E-state index in [-0.39, 0.29) is 23.1 Å². The van der Waals surface area contributed by atoms with Crippen LogP contribution in [0.25, 0.3) is 0 Å². The molecule has 0 spiro atoms. The van der Waals surface area contributed by atoms with Crippen LogP contribution in [0, 0.1) is 6.92 Å². The minimum absolute atomic E-state index is 0.000236. The molecule has 0 aliphatic heterocycles. The zero-order chi connectivity index (χ0) is 15.3. The van der Waals surface area contributed by atoms with Crippen LogP contribution in [0.2, 0.25) is 0 Å². The Labute approximate surface area is 118 Å². The van der Waals surface area contributed by atoms with E-state index >= 15 is 0 Å². The largest absolute Gasteiger partial charge is 0.478 e. The number of hydrogen-bond donors (Lipinski definition) is 3. The lowest BCUT2D eigenvalue weighted by Crippen LogP contribution is -2.32. The smallest absolute Gasteiger partial charge is 0.335 e. The number of sulfonamides is 1. The number of hydrogen-bond acceptors (Lipinski definition) is 4. The molecule has 0 saturated heterocycles. The predicted molar refractivity (Wildman–Crippen MR) is 74.2 cm³/mol. The van der Waals surface area contributed by atoms with Crippen LogP contribution in [0.5, 0.6) is 0 Å². The van der Waals surface area contributed by atoms with Gasteiger partial charge in [0.15, 0.2) is 0 Å². The molecule has 0 fully saturated rings. The van der Waals surface area contributed by atoms with Gasteiger partial charge in [0, 0.05) is 12.6 Å². The van der Waals surface area contributed by atoms with E-state index in [0.717, 1.165) is 6.07 Å². The van der Waals surface area contributed by atoms with Crippen molar-refractivity contribution in [2.24, 2.45) is 0 Å². The Balaban J connectivity index is 2.98. The SMILES string of the molecule is Cc1ccc(S(=O)(=O)NC(C)CCCO)cc1C(=O)O. The van der Waals surface area contributed by atoms with Crippen LogP contribution >= 0.6 is 0 Å². The molecule has 6 nitrogen and oxygen atoms in total. The molecule has 0 radical (unpaired) electrons. The number of carbonyl (C=O) groups is 1. The van der Waals surface area contributed by atoms with Crippen molar-refractivity contribution in [1.29, 1.82) is 0 Å². The number of benzene rings is 1. The summed E-state index contributed by atoms with van der Waals surface area (Å²) < 4.78 is 26.7. The van der Waals surface area contributed by atoms with Crippen molar-refractivity contribution in [3.63, 3.8) is 0 Å². The number of nitrogens with one attached hydrogen (secondary N) is 1. The number of carboxylic acids is 1. The molecule has 0 aromatic heterocycles. The van der Waals surface area contributed by atoms with Crippen LogP contribution in [0.3, 0.4) is 0 Å². The van der Waals surface area contributed by atoms with Crippen LogP contribution < -0.4 is 4.72 Å².